The first-order valence-electron chi connectivity index (χ1n) is 9.82. The molecular formula is C23H24N2O6. The van der Waals surface area contributed by atoms with Crippen molar-refractivity contribution in [1.29, 1.82) is 0 Å². The molecule has 3 amide bonds. The van der Waals surface area contributed by atoms with E-state index < -0.39 is 41.4 Å². The van der Waals surface area contributed by atoms with Gasteiger partial charge in [0.1, 0.15) is 5.60 Å². The van der Waals surface area contributed by atoms with Gasteiger partial charge in [-0.3, -0.25) is 9.59 Å². The smallest absolute Gasteiger partial charge is 0.408 e. The molecule has 8 heteroatoms. The molecule has 8 nitrogen and oxygen atoms in total. The highest BCUT2D eigenvalue weighted by atomic mass is 16.7. The van der Waals surface area contributed by atoms with Gasteiger partial charge in [-0.1, -0.05) is 47.5 Å². The van der Waals surface area contributed by atoms with E-state index in [1.165, 1.54) is 19.1 Å². The van der Waals surface area contributed by atoms with Crippen molar-refractivity contribution in [1.82, 2.24) is 10.4 Å². The third kappa shape index (κ3) is 4.91. The van der Waals surface area contributed by atoms with Crippen molar-refractivity contribution in [2.24, 2.45) is 5.92 Å². The summed E-state index contributed by atoms with van der Waals surface area (Å²) >= 11 is 0. The molecule has 31 heavy (non-hydrogen) atoms. The number of hydrogen-bond donors (Lipinski definition) is 1. The van der Waals surface area contributed by atoms with E-state index >= 15 is 0 Å². The molecule has 0 fully saturated rings. The number of nitrogens with zero attached hydrogens (tertiary/aromatic N) is 1. The van der Waals surface area contributed by atoms with Gasteiger partial charge in [0.2, 0.25) is 0 Å². The molecule has 0 saturated carbocycles. The van der Waals surface area contributed by atoms with E-state index in [9.17, 15) is 19.2 Å². The molecule has 2 aromatic carbocycles. The summed E-state index contributed by atoms with van der Waals surface area (Å²) < 4.78 is 5.31. The second-order valence-electron chi connectivity index (χ2n) is 8.18. The fraction of sp³-hybridized carbons (Fsp3) is 0.304. The lowest BCUT2D eigenvalue weighted by molar-refractivity contribution is -0.174. The second kappa shape index (κ2) is 8.59. The summed E-state index contributed by atoms with van der Waals surface area (Å²) in [6.07, 6.45) is -0.707. The Morgan fingerprint density at radius 2 is 1.42 bits per heavy atom. The lowest BCUT2D eigenvalue weighted by Gasteiger charge is -2.27. The van der Waals surface area contributed by atoms with Gasteiger partial charge < -0.3 is 14.9 Å². The van der Waals surface area contributed by atoms with Gasteiger partial charge in [0.25, 0.3) is 11.8 Å². The molecule has 3 rings (SSSR count). The molecule has 0 radical (unpaired) electrons. The van der Waals surface area contributed by atoms with Crippen LogP contribution in [-0.4, -0.2) is 34.5 Å². The first-order chi connectivity index (χ1) is 14.6. The van der Waals surface area contributed by atoms with Crippen LogP contribution in [0.1, 0.15) is 60.0 Å². The monoisotopic (exact) mass is 424 g/mol. The zero-order chi connectivity index (χ0) is 22.8. The quantitative estimate of drug-likeness (QED) is 0.735. The number of hydrogen-bond acceptors (Lipinski definition) is 6. The SMILES string of the molecule is CC(C(=O)ON1C(=O)c2ccccc2C1=O)C(NC(=O)OC(C)(C)C)c1ccccc1. The third-order valence-corrected chi connectivity index (χ3v) is 4.64. The van der Waals surface area contributed by atoms with Crippen LogP contribution in [0.25, 0.3) is 0 Å². The van der Waals surface area contributed by atoms with E-state index in [-0.39, 0.29) is 11.1 Å². The van der Waals surface area contributed by atoms with Crippen LogP contribution in [0, 0.1) is 5.92 Å². The van der Waals surface area contributed by atoms with E-state index in [0.717, 1.165) is 0 Å². The standard InChI is InChI=1S/C23H24N2O6/c1-14(18(15-10-6-5-7-11-15)24-22(29)30-23(2,3)4)21(28)31-25-19(26)16-12-8-9-13-17(16)20(25)27/h5-14,18H,1-4H3,(H,24,29). The van der Waals surface area contributed by atoms with Crippen molar-refractivity contribution in [2.75, 3.05) is 0 Å². The molecule has 2 unspecified atom stereocenters. The topological polar surface area (TPSA) is 102 Å². The zero-order valence-corrected chi connectivity index (χ0v) is 17.7. The number of amides is 3. The number of benzene rings is 2. The molecule has 1 heterocycles. The van der Waals surface area contributed by atoms with Gasteiger partial charge in [-0.2, -0.15) is 0 Å². The number of hydroxylamine groups is 2. The largest absolute Gasteiger partial charge is 0.444 e. The predicted octanol–water partition coefficient (Wildman–Crippen LogP) is 3.64. The number of imide groups is 1. The Kier molecular flexibility index (Phi) is 6.10. The van der Waals surface area contributed by atoms with Crippen LogP contribution in [0.15, 0.2) is 54.6 Å². The summed E-state index contributed by atoms with van der Waals surface area (Å²) in [6.45, 7) is 6.72. The minimum absolute atomic E-state index is 0.166. The van der Waals surface area contributed by atoms with Crippen molar-refractivity contribution in [3.63, 3.8) is 0 Å². The van der Waals surface area contributed by atoms with Gasteiger partial charge in [-0.25, -0.2) is 9.59 Å². The highest BCUT2D eigenvalue weighted by molar-refractivity contribution is 6.20. The molecule has 1 N–H and O–H groups in total. The molecule has 2 atom stereocenters. The molecule has 162 valence electrons. The van der Waals surface area contributed by atoms with Crippen LogP contribution < -0.4 is 5.32 Å². The zero-order valence-electron chi connectivity index (χ0n) is 17.7. The van der Waals surface area contributed by atoms with Gasteiger partial charge in [-0.15, -0.1) is 0 Å². The van der Waals surface area contributed by atoms with Crippen LogP contribution in [0.4, 0.5) is 4.79 Å². The first-order valence-corrected chi connectivity index (χ1v) is 9.82. The van der Waals surface area contributed by atoms with Gasteiger partial charge in [0.05, 0.1) is 23.1 Å². The minimum atomic E-state index is -0.931. The molecule has 0 spiro atoms. The van der Waals surface area contributed by atoms with Crippen molar-refractivity contribution in [3.05, 3.63) is 71.3 Å². The molecular weight excluding hydrogens is 400 g/mol. The summed E-state index contributed by atoms with van der Waals surface area (Å²) in [5.41, 5.74) is 0.244. The number of carbonyl (C=O) groups is 4. The van der Waals surface area contributed by atoms with Gasteiger partial charge in [0.15, 0.2) is 0 Å². The fourth-order valence-corrected chi connectivity index (χ4v) is 3.15. The summed E-state index contributed by atoms with van der Waals surface area (Å²) in [6, 6.07) is 14.2. The Morgan fingerprint density at radius 3 is 1.94 bits per heavy atom. The van der Waals surface area contributed by atoms with Gasteiger partial charge >= 0.3 is 12.1 Å². The molecule has 0 aliphatic carbocycles. The lowest BCUT2D eigenvalue weighted by Crippen LogP contribution is -2.41. The van der Waals surface area contributed by atoms with Crippen molar-refractivity contribution >= 4 is 23.9 Å². The van der Waals surface area contributed by atoms with E-state index in [1.807, 2.05) is 0 Å². The van der Waals surface area contributed by atoms with Crippen LogP contribution in [0.3, 0.4) is 0 Å². The average Bonchev–Trinajstić information content (AvgIpc) is 2.96. The van der Waals surface area contributed by atoms with Gasteiger partial charge in [0, 0.05) is 0 Å². The molecule has 1 aliphatic heterocycles. The van der Waals surface area contributed by atoms with E-state index in [1.54, 1.807) is 63.2 Å². The normalized spacial score (nSPS) is 15.2. The second-order valence-corrected chi connectivity index (χ2v) is 8.18. The van der Waals surface area contributed by atoms with E-state index in [2.05, 4.69) is 5.32 Å². The Bertz CT molecular complexity index is 977. The molecule has 1 aliphatic rings. The van der Waals surface area contributed by atoms with Crippen molar-refractivity contribution < 1.29 is 28.8 Å². The van der Waals surface area contributed by atoms with Crippen LogP contribution in [0.2, 0.25) is 0 Å². The maximum absolute atomic E-state index is 12.9. The average molecular weight is 424 g/mol. The molecule has 2 aromatic rings. The number of nitrogens with one attached hydrogen (secondary N) is 1. The fourth-order valence-electron chi connectivity index (χ4n) is 3.15. The molecule has 0 aromatic heterocycles. The van der Waals surface area contributed by atoms with E-state index in [0.29, 0.717) is 10.6 Å². The number of rotatable bonds is 5. The number of fused-ring (bicyclic) bond motifs is 1. The predicted molar refractivity (Wildman–Crippen MR) is 111 cm³/mol. The Morgan fingerprint density at radius 1 is 0.903 bits per heavy atom. The Balaban J connectivity index is 1.79. The summed E-state index contributed by atoms with van der Waals surface area (Å²) in [4.78, 5) is 55.3. The third-order valence-electron chi connectivity index (χ3n) is 4.64. The summed E-state index contributed by atoms with van der Waals surface area (Å²) in [7, 11) is 0. The Hall–Kier alpha value is -3.68. The maximum atomic E-state index is 12.9. The number of alkyl carbamates (subject to hydrolysis) is 1. The highest BCUT2D eigenvalue weighted by Crippen LogP contribution is 2.27. The summed E-state index contributed by atoms with van der Waals surface area (Å²) in [5, 5.41) is 3.14. The molecule has 0 bridgehead atoms. The summed E-state index contributed by atoms with van der Waals surface area (Å²) in [5.74, 6) is -3.20. The molecule has 0 saturated heterocycles. The van der Waals surface area contributed by atoms with E-state index in [4.69, 9.17) is 9.57 Å². The van der Waals surface area contributed by atoms with Crippen LogP contribution >= 0.6 is 0 Å². The van der Waals surface area contributed by atoms with Crippen molar-refractivity contribution in [3.8, 4) is 0 Å². The number of ether oxygens (including phenoxy) is 1. The lowest BCUT2D eigenvalue weighted by atomic mass is 9.95. The first kappa shape index (κ1) is 22.0. The van der Waals surface area contributed by atoms with Crippen LogP contribution in [-0.2, 0) is 14.4 Å². The van der Waals surface area contributed by atoms with Crippen molar-refractivity contribution in [2.45, 2.75) is 39.3 Å². The number of carbonyl (C=O) groups excluding carboxylic acids is 4. The highest BCUT2D eigenvalue weighted by Gasteiger charge is 2.40. The maximum Gasteiger partial charge on any atom is 0.408 e. The van der Waals surface area contributed by atoms with Crippen LogP contribution in [0.5, 0.6) is 0 Å². The van der Waals surface area contributed by atoms with Gasteiger partial charge in [-0.05, 0) is 45.4 Å². The minimum Gasteiger partial charge on any atom is -0.444 e. The Labute approximate surface area is 180 Å².